The van der Waals surface area contributed by atoms with Gasteiger partial charge in [-0.2, -0.15) is 0 Å². The third-order valence-electron chi connectivity index (χ3n) is 3.60. The van der Waals surface area contributed by atoms with E-state index in [2.05, 4.69) is 5.32 Å². The van der Waals surface area contributed by atoms with Gasteiger partial charge in [0.1, 0.15) is 17.1 Å². The number of nitrogens with one attached hydrogen (secondary N) is 1. The summed E-state index contributed by atoms with van der Waals surface area (Å²) < 4.78 is 20.5. The minimum atomic E-state index is -0.693. The molecule has 0 saturated carbocycles. The van der Waals surface area contributed by atoms with Crippen molar-refractivity contribution < 1.29 is 28.7 Å². The van der Waals surface area contributed by atoms with Gasteiger partial charge in [0.15, 0.2) is 11.5 Å². The van der Waals surface area contributed by atoms with Crippen LogP contribution in [0.15, 0.2) is 30.3 Å². The van der Waals surface area contributed by atoms with Gasteiger partial charge in [0.2, 0.25) is 0 Å². The third-order valence-corrected chi connectivity index (χ3v) is 3.60. The Labute approximate surface area is 149 Å². The quantitative estimate of drug-likeness (QED) is 0.596. The number of carbonyl (C=O) groups excluding carboxylic acids is 1. The molecule has 0 aliphatic heterocycles. The fraction of sp³-hybridized carbons (Fsp3) is 0.235. The summed E-state index contributed by atoms with van der Waals surface area (Å²) in [6.07, 6.45) is 0. The van der Waals surface area contributed by atoms with Gasteiger partial charge >= 0.3 is 0 Å². The number of hydrogen-bond acceptors (Lipinski definition) is 7. The number of amides is 1. The van der Waals surface area contributed by atoms with Gasteiger partial charge in [-0.1, -0.05) is 0 Å². The smallest absolute Gasteiger partial charge is 0.286 e. The van der Waals surface area contributed by atoms with Crippen molar-refractivity contribution >= 4 is 17.3 Å². The van der Waals surface area contributed by atoms with E-state index < -0.39 is 16.5 Å². The highest BCUT2D eigenvalue weighted by Crippen LogP contribution is 2.36. The van der Waals surface area contributed by atoms with E-state index in [4.69, 9.17) is 18.9 Å². The van der Waals surface area contributed by atoms with Crippen molar-refractivity contribution in [2.45, 2.75) is 0 Å². The van der Waals surface area contributed by atoms with Crippen molar-refractivity contribution in [2.75, 3.05) is 33.8 Å². The van der Waals surface area contributed by atoms with E-state index in [1.165, 1.54) is 34.5 Å². The van der Waals surface area contributed by atoms with Crippen molar-refractivity contribution in [3.05, 3.63) is 46.0 Å². The molecule has 26 heavy (non-hydrogen) atoms. The molecule has 1 N–H and O–H groups in total. The van der Waals surface area contributed by atoms with Gasteiger partial charge in [-0.15, -0.1) is 0 Å². The van der Waals surface area contributed by atoms with E-state index in [9.17, 15) is 14.9 Å². The first-order chi connectivity index (χ1) is 12.4. The third kappa shape index (κ3) is 3.77. The van der Waals surface area contributed by atoms with Crippen LogP contribution in [-0.4, -0.2) is 39.3 Å². The minimum Gasteiger partial charge on any atom is -0.497 e. The number of methoxy groups -OCH3 is 4. The van der Waals surface area contributed by atoms with E-state index in [1.807, 2.05) is 0 Å². The molecular formula is C17H18N2O7. The Bertz CT molecular complexity index is 836. The van der Waals surface area contributed by atoms with Crippen molar-refractivity contribution in [3.8, 4) is 23.0 Å². The summed E-state index contributed by atoms with van der Waals surface area (Å²) in [6, 6.07) is 7.17. The van der Waals surface area contributed by atoms with Gasteiger partial charge < -0.3 is 24.3 Å². The first-order valence-electron chi connectivity index (χ1n) is 7.39. The van der Waals surface area contributed by atoms with Crippen molar-refractivity contribution in [2.24, 2.45) is 0 Å². The molecule has 0 fully saturated rings. The van der Waals surface area contributed by atoms with E-state index in [0.717, 1.165) is 6.07 Å². The number of ether oxygens (including phenoxy) is 4. The molecule has 0 aliphatic rings. The number of carbonyl (C=O) groups is 1. The zero-order valence-corrected chi connectivity index (χ0v) is 14.7. The summed E-state index contributed by atoms with van der Waals surface area (Å²) in [7, 11) is 5.66. The summed E-state index contributed by atoms with van der Waals surface area (Å²) >= 11 is 0. The van der Waals surface area contributed by atoms with Gasteiger partial charge in [-0.05, 0) is 12.1 Å². The van der Waals surface area contributed by atoms with Crippen molar-refractivity contribution in [1.29, 1.82) is 0 Å². The maximum atomic E-state index is 12.6. The lowest BCUT2D eigenvalue weighted by Crippen LogP contribution is -2.15. The number of nitro benzene ring substituents is 1. The fourth-order valence-corrected chi connectivity index (χ4v) is 2.29. The monoisotopic (exact) mass is 362 g/mol. The molecule has 1 amide bonds. The second-order valence-corrected chi connectivity index (χ2v) is 5.00. The molecule has 0 aliphatic carbocycles. The number of anilines is 1. The van der Waals surface area contributed by atoms with Gasteiger partial charge in [0.05, 0.1) is 45.1 Å². The Morgan fingerprint density at radius 1 is 0.923 bits per heavy atom. The second-order valence-electron chi connectivity index (χ2n) is 5.00. The number of nitro groups is 1. The van der Waals surface area contributed by atoms with Crippen LogP contribution in [0.25, 0.3) is 0 Å². The lowest BCUT2D eigenvalue weighted by Gasteiger charge is -2.13. The van der Waals surface area contributed by atoms with E-state index in [0.29, 0.717) is 17.2 Å². The Kier molecular flexibility index (Phi) is 5.84. The van der Waals surface area contributed by atoms with Crippen LogP contribution in [0, 0.1) is 10.1 Å². The Morgan fingerprint density at radius 3 is 2.08 bits per heavy atom. The van der Waals surface area contributed by atoms with Crippen LogP contribution in [0.5, 0.6) is 23.0 Å². The molecule has 0 spiro atoms. The topological polar surface area (TPSA) is 109 Å². The molecule has 2 aromatic carbocycles. The second kappa shape index (κ2) is 8.06. The molecule has 2 rings (SSSR count). The Balaban J connectivity index is 2.45. The van der Waals surface area contributed by atoms with E-state index in [1.54, 1.807) is 18.2 Å². The summed E-state index contributed by atoms with van der Waals surface area (Å²) in [6.45, 7) is 0. The molecular weight excluding hydrogens is 344 g/mol. The predicted octanol–water partition coefficient (Wildman–Crippen LogP) is 2.88. The SMILES string of the molecule is COc1ccc(NC(=O)c2cc(OC)c(OC)cc2[N+](=O)[O-])c(OC)c1. The van der Waals surface area contributed by atoms with Crippen LogP contribution in [0.2, 0.25) is 0 Å². The molecule has 0 atom stereocenters. The van der Waals surface area contributed by atoms with Gasteiger partial charge in [-0.3, -0.25) is 14.9 Å². The summed E-state index contributed by atoms with van der Waals surface area (Å²) in [5.41, 5.74) is -0.250. The largest absolute Gasteiger partial charge is 0.497 e. The average molecular weight is 362 g/mol. The molecule has 9 nitrogen and oxygen atoms in total. The molecule has 0 bridgehead atoms. The lowest BCUT2D eigenvalue weighted by atomic mass is 10.1. The Morgan fingerprint density at radius 2 is 1.54 bits per heavy atom. The van der Waals surface area contributed by atoms with Crippen LogP contribution in [0.1, 0.15) is 10.4 Å². The molecule has 2 aromatic rings. The molecule has 0 heterocycles. The number of hydrogen-bond donors (Lipinski definition) is 1. The van der Waals surface area contributed by atoms with Crippen molar-refractivity contribution in [3.63, 3.8) is 0 Å². The average Bonchev–Trinajstić information content (AvgIpc) is 2.66. The summed E-state index contributed by atoms with van der Waals surface area (Å²) in [5, 5.41) is 13.9. The molecule has 0 radical (unpaired) electrons. The highest BCUT2D eigenvalue weighted by molar-refractivity contribution is 6.08. The molecule has 9 heteroatoms. The lowest BCUT2D eigenvalue weighted by molar-refractivity contribution is -0.385. The maximum Gasteiger partial charge on any atom is 0.286 e. The standard InChI is InChI=1S/C17H18N2O7/c1-23-10-5-6-12(14(7-10)24-2)18-17(20)11-8-15(25-3)16(26-4)9-13(11)19(21)22/h5-9H,1-4H3,(H,18,20). The van der Waals surface area contributed by atoms with Crippen LogP contribution in [0.3, 0.4) is 0 Å². The highest BCUT2D eigenvalue weighted by Gasteiger charge is 2.25. The predicted molar refractivity (Wildman–Crippen MR) is 93.7 cm³/mol. The molecule has 0 saturated heterocycles. The highest BCUT2D eigenvalue weighted by atomic mass is 16.6. The van der Waals surface area contributed by atoms with Gasteiger partial charge in [0.25, 0.3) is 11.6 Å². The molecule has 138 valence electrons. The van der Waals surface area contributed by atoms with Crippen LogP contribution >= 0.6 is 0 Å². The first kappa shape index (κ1) is 18.8. The maximum absolute atomic E-state index is 12.6. The van der Waals surface area contributed by atoms with Gasteiger partial charge in [0, 0.05) is 12.1 Å². The van der Waals surface area contributed by atoms with E-state index >= 15 is 0 Å². The number of rotatable bonds is 7. The molecule has 0 unspecified atom stereocenters. The normalized spacial score (nSPS) is 10.0. The zero-order valence-electron chi connectivity index (χ0n) is 14.7. The molecule has 0 aromatic heterocycles. The van der Waals surface area contributed by atoms with Crippen LogP contribution in [-0.2, 0) is 0 Å². The zero-order chi connectivity index (χ0) is 19.3. The first-order valence-corrected chi connectivity index (χ1v) is 7.39. The summed E-state index contributed by atoms with van der Waals surface area (Å²) in [5.74, 6) is 0.543. The number of nitrogens with zero attached hydrogens (tertiary/aromatic N) is 1. The van der Waals surface area contributed by atoms with Crippen LogP contribution < -0.4 is 24.3 Å². The minimum absolute atomic E-state index is 0.151. The van der Waals surface area contributed by atoms with E-state index in [-0.39, 0.29) is 17.1 Å². The Hall–Kier alpha value is -3.49. The van der Waals surface area contributed by atoms with Gasteiger partial charge in [-0.25, -0.2) is 0 Å². The van der Waals surface area contributed by atoms with Crippen molar-refractivity contribution in [1.82, 2.24) is 0 Å². The fourth-order valence-electron chi connectivity index (χ4n) is 2.29. The number of benzene rings is 2. The summed E-state index contributed by atoms with van der Waals surface area (Å²) in [4.78, 5) is 23.3. The van der Waals surface area contributed by atoms with Crippen LogP contribution in [0.4, 0.5) is 11.4 Å².